The monoisotopic (exact) mass is 298 g/mol. The molecule has 0 bridgehead atoms. The van der Waals surface area contributed by atoms with Crippen molar-refractivity contribution in [3.8, 4) is 11.3 Å². The Labute approximate surface area is 117 Å². The molecule has 1 N–H and O–H groups in total. The van der Waals surface area contributed by atoms with Gasteiger partial charge in [0, 0.05) is 5.56 Å². The van der Waals surface area contributed by atoms with E-state index in [1.165, 1.54) is 0 Å². The topological polar surface area (TPSA) is 54.5 Å². The molecule has 2 heterocycles. The molecule has 7 heteroatoms. The maximum absolute atomic E-state index is 6.18. The number of rotatable bonds is 1. The molecule has 18 heavy (non-hydrogen) atoms. The van der Waals surface area contributed by atoms with Crippen LogP contribution in [0.2, 0.25) is 15.3 Å². The summed E-state index contributed by atoms with van der Waals surface area (Å²) >= 11 is 18.1. The van der Waals surface area contributed by atoms with E-state index < -0.39 is 0 Å². The van der Waals surface area contributed by atoms with Crippen LogP contribution in [0.1, 0.15) is 0 Å². The summed E-state index contributed by atoms with van der Waals surface area (Å²) in [4.78, 5) is 8.23. The van der Waals surface area contributed by atoms with Crippen LogP contribution in [0, 0.1) is 0 Å². The van der Waals surface area contributed by atoms with E-state index in [4.69, 9.17) is 34.8 Å². The zero-order valence-electron chi connectivity index (χ0n) is 8.78. The van der Waals surface area contributed by atoms with Crippen molar-refractivity contribution in [2.45, 2.75) is 0 Å². The van der Waals surface area contributed by atoms with E-state index in [1.54, 1.807) is 18.3 Å². The lowest BCUT2D eigenvalue weighted by Gasteiger charge is -2.06. The molecule has 4 nitrogen and oxygen atoms in total. The van der Waals surface area contributed by atoms with Gasteiger partial charge in [0.25, 0.3) is 0 Å². The van der Waals surface area contributed by atoms with Crippen molar-refractivity contribution in [3.63, 3.8) is 0 Å². The Hall–Kier alpha value is -1.36. The van der Waals surface area contributed by atoms with E-state index in [1.807, 2.05) is 6.07 Å². The second-order valence-electron chi connectivity index (χ2n) is 3.57. The van der Waals surface area contributed by atoms with Crippen molar-refractivity contribution >= 4 is 45.8 Å². The van der Waals surface area contributed by atoms with Crippen LogP contribution in [0.4, 0.5) is 0 Å². The lowest BCUT2D eigenvalue weighted by atomic mass is 10.1. The number of aromatic amines is 1. The van der Waals surface area contributed by atoms with Gasteiger partial charge in [-0.3, -0.25) is 5.10 Å². The van der Waals surface area contributed by atoms with Crippen molar-refractivity contribution in [1.82, 2.24) is 20.2 Å². The molecule has 0 saturated heterocycles. The minimum Gasteiger partial charge on any atom is -0.261 e. The van der Waals surface area contributed by atoms with Gasteiger partial charge in [0.15, 0.2) is 5.65 Å². The van der Waals surface area contributed by atoms with Crippen molar-refractivity contribution in [1.29, 1.82) is 0 Å². The van der Waals surface area contributed by atoms with Crippen LogP contribution >= 0.6 is 34.8 Å². The normalized spacial score (nSPS) is 11.1. The Morgan fingerprint density at radius 3 is 2.72 bits per heavy atom. The Morgan fingerprint density at radius 2 is 1.89 bits per heavy atom. The highest BCUT2D eigenvalue weighted by atomic mass is 35.5. The summed E-state index contributed by atoms with van der Waals surface area (Å²) in [5, 5.41) is 8.41. The summed E-state index contributed by atoms with van der Waals surface area (Å²) in [5.74, 6) is 0. The standard InChI is InChI=1S/C11H5Cl3N4/c12-7-3-1-2-5(8(7)13)9-6-4-15-18-10(6)17-11(14)16-9/h1-4H,(H,15,16,17,18). The van der Waals surface area contributed by atoms with Crippen molar-refractivity contribution in [2.24, 2.45) is 0 Å². The predicted molar refractivity (Wildman–Crippen MR) is 72.1 cm³/mol. The Kier molecular flexibility index (Phi) is 2.86. The first kappa shape index (κ1) is 11.7. The molecule has 1 aromatic carbocycles. The van der Waals surface area contributed by atoms with Crippen LogP contribution in [0.5, 0.6) is 0 Å². The van der Waals surface area contributed by atoms with Gasteiger partial charge >= 0.3 is 0 Å². The number of aromatic nitrogens is 4. The second kappa shape index (κ2) is 4.39. The highest BCUT2D eigenvalue weighted by molar-refractivity contribution is 6.43. The van der Waals surface area contributed by atoms with E-state index in [-0.39, 0.29) is 5.28 Å². The molecule has 0 unspecified atom stereocenters. The molecule has 0 amide bonds. The van der Waals surface area contributed by atoms with E-state index in [0.717, 1.165) is 5.39 Å². The molecule has 0 aliphatic rings. The lowest BCUT2D eigenvalue weighted by molar-refractivity contribution is 1.09. The van der Waals surface area contributed by atoms with Gasteiger partial charge in [-0.2, -0.15) is 10.1 Å². The minimum absolute atomic E-state index is 0.123. The zero-order chi connectivity index (χ0) is 12.7. The second-order valence-corrected chi connectivity index (χ2v) is 4.70. The zero-order valence-corrected chi connectivity index (χ0v) is 11.1. The molecule has 0 radical (unpaired) electrons. The number of hydrogen-bond acceptors (Lipinski definition) is 3. The molecular formula is C11H5Cl3N4. The average Bonchev–Trinajstić information content (AvgIpc) is 2.79. The smallest absolute Gasteiger partial charge is 0.224 e. The van der Waals surface area contributed by atoms with Gasteiger partial charge in [-0.15, -0.1) is 0 Å². The molecule has 90 valence electrons. The molecule has 0 aliphatic heterocycles. The van der Waals surface area contributed by atoms with E-state index in [0.29, 0.717) is 26.9 Å². The van der Waals surface area contributed by atoms with Gasteiger partial charge in [-0.1, -0.05) is 35.3 Å². The number of benzene rings is 1. The van der Waals surface area contributed by atoms with Crippen LogP contribution in [0.3, 0.4) is 0 Å². The van der Waals surface area contributed by atoms with Gasteiger partial charge in [0.1, 0.15) is 0 Å². The molecule has 3 aromatic rings. The highest BCUT2D eigenvalue weighted by Gasteiger charge is 2.14. The third kappa shape index (κ3) is 1.82. The summed E-state index contributed by atoms with van der Waals surface area (Å²) in [6.07, 6.45) is 1.62. The molecule has 3 rings (SSSR count). The Morgan fingerprint density at radius 1 is 1.06 bits per heavy atom. The number of nitrogens with zero attached hydrogens (tertiary/aromatic N) is 3. The number of halogens is 3. The van der Waals surface area contributed by atoms with Gasteiger partial charge < -0.3 is 0 Å². The summed E-state index contributed by atoms with van der Waals surface area (Å²) < 4.78 is 0. The number of H-pyrrole nitrogens is 1. The Balaban J connectivity index is 2.37. The largest absolute Gasteiger partial charge is 0.261 e. The van der Waals surface area contributed by atoms with Gasteiger partial charge in [-0.05, 0) is 17.7 Å². The first-order chi connectivity index (χ1) is 8.66. The number of hydrogen-bond donors (Lipinski definition) is 1. The summed E-state index contributed by atoms with van der Waals surface area (Å²) in [6.45, 7) is 0. The molecule has 2 aromatic heterocycles. The minimum atomic E-state index is 0.123. The third-order valence-electron chi connectivity index (χ3n) is 2.49. The summed E-state index contributed by atoms with van der Waals surface area (Å²) in [7, 11) is 0. The molecule has 0 saturated carbocycles. The predicted octanol–water partition coefficient (Wildman–Crippen LogP) is 3.98. The van der Waals surface area contributed by atoms with E-state index >= 15 is 0 Å². The van der Waals surface area contributed by atoms with Gasteiger partial charge in [0.2, 0.25) is 5.28 Å². The van der Waals surface area contributed by atoms with Gasteiger partial charge in [-0.25, -0.2) is 4.98 Å². The summed E-state index contributed by atoms with van der Waals surface area (Å²) in [6, 6.07) is 5.33. The SMILES string of the molecule is Clc1nc(-c2cccc(Cl)c2Cl)c2cn[nH]c2n1. The molecule has 0 atom stereocenters. The fourth-order valence-electron chi connectivity index (χ4n) is 1.70. The fraction of sp³-hybridized carbons (Fsp3) is 0. The molecule has 0 fully saturated rings. The quantitative estimate of drug-likeness (QED) is 0.691. The highest BCUT2D eigenvalue weighted by Crippen LogP contribution is 2.35. The van der Waals surface area contributed by atoms with Crippen LogP contribution < -0.4 is 0 Å². The van der Waals surface area contributed by atoms with Crippen LogP contribution in [-0.2, 0) is 0 Å². The molecule has 0 aliphatic carbocycles. The Bertz CT molecular complexity index is 738. The van der Waals surface area contributed by atoms with Crippen molar-refractivity contribution in [3.05, 3.63) is 39.7 Å². The van der Waals surface area contributed by atoms with Crippen LogP contribution in [-0.4, -0.2) is 20.2 Å². The lowest BCUT2D eigenvalue weighted by Crippen LogP contribution is -1.90. The number of fused-ring (bicyclic) bond motifs is 1. The van der Waals surface area contributed by atoms with Crippen molar-refractivity contribution in [2.75, 3.05) is 0 Å². The summed E-state index contributed by atoms with van der Waals surface area (Å²) in [5.41, 5.74) is 1.85. The first-order valence-corrected chi connectivity index (χ1v) is 6.11. The fourth-order valence-corrected chi connectivity index (χ4v) is 2.26. The molecular weight excluding hydrogens is 295 g/mol. The average molecular weight is 300 g/mol. The number of nitrogens with one attached hydrogen (secondary N) is 1. The third-order valence-corrected chi connectivity index (χ3v) is 3.48. The van der Waals surface area contributed by atoms with E-state index in [2.05, 4.69) is 20.2 Å². The maximum atomic E-state index is 6.18. The first-order valence-electron chi connectivity index (χ1n) is 4.98. The van der Waals surface area contributed by atoms with E-state index in [9.17, 15) is 0 Å². The maximum Gasteiger partial charge on any atom is 0.224 e. The van der Waals surface area contributed by atoms with Crippen molar-refractivity contribution < 1.29 is 0 Å². The molecule has 0 spiro atoms. The van der Waals surface area contributed by atoms with Gasteiger partial charge in [0.05, 0.1) is 27.3 Å². The van der Waals surface area contributed by atoms with Crippen LogP contribution in [0.15, 0.2) is 24.4 Å². The van der Waals surface area contributed by atoms with Crippen LogP contribution in [0.25, 0.3) is 22.3 Å².